The number of rotatable bonds is 5. The fourth-order valence-electron chi connectivity index (χ4n) is 3.27. The van der Waals surface area contributed by atoms with E-state index in [1.54, 1.807) is 13.2 Å². The summed E-state index contributed by atoms with van der Waals surface area (Å²) in [5.74, 6) is 0.629. The molecule has 4 heteroatoms. The Balaban J connectivity index is 1.77. The second kappa shape index (κ2) is 7.43. The van der Waals surface area contributed by atoms with Crippen LogP contribution in [-0.4, -0.2) is 26.1 Å². The van der Waals surface area contributed by atoms with Crippen molar-refractivity contribution in [2.24, 2.45) is 0 Å². The van der Waals surface area contributed by atoms with Gasteiger partial charge in [-0.05, 0) is 49.6 Å². The number of hydrogen-bond acceptors (Lipinski definition) is 3. The van der Waals surface area contributed by atoms with Crippen molar-refractivity contribution >= 4 is 22.9 Å². The molecule has 0 bridgehead atoms. The number of hydrogen-bond donors (Lipinski definition) is 1. The molecule has 1 aliphatic heterocycles. The Kier molecular flexibility index (Phi) is 5.08. The molecule has 0 spiro atoms. The smallest absolute Gasteiger partial charge is 0.248 e. The van der Waals surface area contributed by atoms with E-state index in [0.717, 1.165) is 42.1 Å². The molecule has 0 aliphatic carbocycles. The standard InChI is InChI=1S/C21H24N2O2/c1-4-23-12-11-16-9-10-17(14-19(16)23)22-21(24)13-15(2)18-7-5-6-8-20(18)25-3/h5-10,13-14H,4,11-12H2,1-3H3,(H,22,24)/b15-13-. The third kappa shape index (κ3) is 3.68. The maximum absolute atomic E-state index is 12.4. The molecule has 25 heavy (non-hydrogen) atoms. The van der Waals surface area contributed by atoms with E-state index in [2.05, 4.69) is 29.3 Å². The quantitative estimate of drug-likeness (QED) is 0.835. The Morgan fingerprint density at radius 2 is 2.08 bits per heavy atom. The van der Waals surface area contributed by atoms with Crippen molar-refractivity contribution in [1.82, 2.24) is 0 Å². The van der Waals surface area contributed by atoms with Gasteiger partial charge in [0.1, 0.15) is 5.75 Å². The Labute approximate surface area is 149 Å². The fraction of sp³-hybridized carbons (Fsp3) is 0.286. The van der Waals surface area contributed by atoms with Crippen LogP contribution in [0.15, 0.2) is 48.5 Å². The van der Waals surface area contributed by atoms with Gasteiger partial charge in [-0.3, -0.25) is 4.79 Å². The summed E-state index contributed by atoms with van der Waals surface area (Å²) in [5, 5.41) is 2.97. The number of likely N-dealkylation sites (N-methyl/N-ethyl adjacent to an activating group) is 1. The van der Waals surface area contributed by atoms with E-state index in [4.69, 9.17) is 4.74 Å². The summed E-state index contributed by atoms with van der Waals surface area (Å²) < 4.78 is 5.36. The molecule has 1 amide bonds. The summed E-state index contributed by atoms with van der Waals surface area (Å²) >= 11 is 0. The van der Waals surface area contributed by atoms with Crippen molar-refractivity contribution in [2.45, 2.75) is 20.3 Å². The molecule has 1 heterocycles. The van der Waals surface area contributed by atoms with Crippen LogP contribution in [0.5, 0.6) is 5.75 Å². The predicted octanol–water partition coefficient (Wildman–Crippen LogP) is 4.12. The summed E-state index contributed by atoms with van der Waals surface area (Å²) in [5.41, 5.74) is 5.19. The number of methoxy groups -OCH3 is 1. The van der Waals surface area contributed by atoms with Gasteiger partial charge in [-0.1, -0.05) is 24.3 Å². The first-order valence-corrected chi connectivity index (χ1v) is 8.63. The second-order valence-corrected chi connectivity index (χ2v) is 6.19. The van der Waals surface area contributed by atoms with Crippen LogP contribution >= 0.6 is 0 Å². The lowest BCUT2D eigenvalue weighted by atomic mass is 10.1. The van der Waals surface area contributed by atoms with E-state index < -0.39 is 0 Å². The lowest BCUT2D eigenvalue weighted by Gasteiger charge is -2.17. The topological polar surface area (TPSA) is 41.6 Å². The number of ether oxygens (including phenoxy) is 1. The number of para-hydroxylation sites is 1. The third-order valence-corrected chi connectivity index (χ3v) is 4.61. The Bertz CT molecular complexity index is 811. The molecule has 0 aromatic heterocycles. The van der Waals surface area contributed by atoms with Gasteiger partial charge in [0.25, 0.3) is 0 Å². The van der Waals surface area contributed by atoms with E-state index in [9.17, 15) is 4.79 Å². The van der Waals surface area contributed by atoms with Gasteiger partial charge in [0.2, 0.25) is 5.91 Å². The van der Waals surface area contributed by atoms with E-state index in [0.29, 0.717) is 0 Å². The molecule has 0 fully saturated rings. The normalized spacial score (nSPS) is 13.6. The summed E-state index contributed by atoms with van der Waals surface area (Å²) in [4.78, 5) is 14.7. The number of carbonyl (C=O) groups is 1. The van der Waals surface area contributed by atoms with Gasteiger partial charge in [-0.25, -0.2) is 0 Å². The maximum atomic E-state index is 12.4. The van der Waals surface area contributed by atoms with Crippen molar-refractivity contribution in [2.75, 3.05) is 30.4 Å². The number of benzene rings is 2. The zero-order valence-corrected chi connectivity index (χ0v) is 15.0. The Hall–Kier alpha value is -2.75. The van der Waals surface area contributed by atoms with Crippen molar-refractivity contribution < 1.29 is 9.53 Å². The van der Waals surface area contributed by atoms with Gasteiger partial charge >= 0.3 is 0 Å². The second-order valence-electron chi connectivity index (χ2n) is 6.19. The van der Waals surface area contributed by atoms with Crippen molar-refractivity contribution in [3.05, 3.63) is 59.7 Å². The molecule has 3 rings (SSSR count). The van der Waals surface area contributed by atoms with Crippen molar-refractivity contribution in [3.8, 4) is 5.75 Å². The fourth-order valence-corrected chi connectivity index (χ4v) is 3.27. The lowest BCUT2D eigenvalue weighted by molar-refractivity contribution is -0.111. The minimum atomic E-state index is -0.135. The van der Waals surface area contributed by atoms with E-state index in [-0.39, 0.29) is 5.91 Å². The molecule has 0 saturated carbocycles. The highest BCUT2D eigenvalue weighted by molar-refractivity contribution is 6.04. The molecule has 0 unspecified atom stereocenters. The molecule has 4 nitrogen and oxygen atoms in total. The molecular formula is C21H24N2O2. The van der Waals surface area contributed by atoms with Crippen LogP contribution in [0.3, 0.4) is 0 Å². The van der Waals surface area contributed by atoms with Crippen molar-refractivity contribution in [3.63, 3.8) is 0 Å². The summed E-state index contributed by atoms with van der Waals surface area (Å²) in [6.07, 6.45) is 2.69. The first-order valence-electron chi connectivity index (χ1n) is 8.63. The lowest BCUT2D eigenvalue weighted by Crippen LogP contribution is -2.19. The number of anilines is 2. The van der Waals surface area contributed by atoms with Gasteiger partial charge in [-0.2, -0.15) is 0 Å². The van der Waals surface area contributed by atoms with E-state index in [1.165, 1.54) is 11.3 Å². The molecule has 130 valence electrons. The largest absolute Gasteiger partial charge is 0.496 e. The van der Waals surface area contributed by atoms with Crippen LogP contribution in [-0.2, 0) is 11.2 Å². The third-order valence-electron chi connectivity index (χ3n) is 4.61. The van der Waals surface area contributed by atoms with Crippen LogP contribution in [0.2, 0.25) is 0 Å². The highest BCUT2D eigenvalue weighted by atomic mass is 16.5. The molecule has 1 aliphatic rings. The first kappa shape index (κ1) is 17.1. The highest BCUT2D eigenvalue weighted by Gasteiger charge is 2.18. The molecule has 2 aromatic carbocycles. The zero-order valence-electron chi connectivity index (χ0n) is 15.0. The van der Waals surface area contributed by atoms with Crippen LogP contribution in [0.1, 0.15) is 25.0 Å². The molecule has 1 N–H and O–H groups in total. The highest BCUT2D eigenvalue weighted by Crippen LogP contribution is 2.30. The van der Waals surface area contributed by atoms with Crippen LogP contribution in [0.25, 0.3) is 5.57 Å². The number of carbonyl (C=O) groups excluding carboxylic acids is 1. The number of allylic oxidation sites excluding steroid dienone is 1. The van der Waals surface area contributed by atoms with Gasteiger partial charge in [0.15, 0.2) is 0 Å². The molecule has 2 aromatic rings. The minimum absolute atomic E-state index is 0.135. The van der Waals surface area contributed by atoms with E-state index >= 15 is 0 Å². The molecule has 0 atom stereocenters. The van der Waals surface area contributed by atoms with Gasteiger partial charge in [-0.15, -0.1) is 0 Å². The molecule has 0 radical (unpaired) electrons. The zero-order chi connectivity index (χ0) is 17.8. The van der Waals surface area contributed by atoms with Gasteiger partial charge in [0.05, 0.1) is 7.11 Å². The average molecular weight is 336 g/mol. The van der Waals surface area contributed by atoms with Gasteiger partial charge in [0, 0.05) is 36.1 Å². The number of nitrogens with zero attached hydrogens (tertiary/aromatic N) is 1. The predicted molar refractivity (Wildman–Crippen MR) is 103 cm³/mol. The number of fused-ring (bicyclic) bond motifs is 1. The number of nitrogens with one attached hydrogen (secondary N) is 1. The molecule has 0 saturated heterocycles. The minimum Gasteiger partial charge on any atom is -0.496 e. The molecular weight excluding hydrogens is 312 g/mol. The summed E-state index contributed by atoms with van der Waals surface area (Å²) in [6.45, 7) is 6.10. The van der Waals surface area contributed by atoms with Crippen molar-refractivity contribution in [1.29, 1.82) is 0 Å². The van der Waals surface area contributed by atoms with Gasteiger partial charge < -0.3 is 15.0 Å². The Morgan fingerprint density at radius 1 is 1.28 bits per heavy atom. The van der Waals surface area contributed by atoms with E-state index in [1.807, 2.05) is 37.3 Å². The SMILES string of the molecule is CCN1CCc2ccc(NC(=O)/C=C(/C)c3ccccc3OC)cc21. The summed E-state index contributed by atoms with van der Waals surface area (Å²) in [7, 11) is 1.64. The summed E-state index contributed by atoms with van der Waals surface area (Å²) in [6, 6.07) is 13.8. The first-order chi connectivity index (χ1) is 12.1. The monoisotopic (exact) mass is 336 g/mol. The van der Waals surface area contributed by atoms with Crippen LogP contribution in [0.4, 0.5) is 11.4 Å². The number of amides is 1. The average Bonchev–Trinajstić information content (AvgIpc) is 3.03. The van der Waals surface area contributed by atoms with Crippen LogP contribution in [0, 0.1) is 0 Å². The Morgan fingerprint density at radius 3 is 2.84 bits per heavy atom. The maximum Gasteiger partial charge on any atom is 0.248 e. The van der Waals surface area contributed by atoms with Crippen LogP contribution < -0.4 is 15.0 Å².